The molecule has 114 valence electrons. The molecule has 4 heteroatoms. The van der Waals surface area contributed by atoms with Gasteiger partial charge < -0.3 is 9.80 Å². The maximum atomic E-state index is 12.5. The van der Waals surface area contributed by atoms with Gasteiger partial charge >= 0.3 is 0 Å². The molecule has 1 aliphatic heterocycles. The Morgan fingerprint density at radius 2 is 1.77 bits per heavy atom. The smallest absolute Gasteiger partial charge is 0.254 e. The number of nitrogens with one attached hydrogen (secondary N) is 1. The lowest BCUT2D eigenvalue weighted by atomic mass is 10.1. The predicted octanol–water partition coefficient (Wildman–Crippen LogP) is 1.88. The zero-order valence-corrected chi connectivity index (χ0v) is 13.2. The highest BCUT2D eigenvalue weighted by molar-refractivity contribution is 6.30. The van der Waals surface area contributed by atoms with Crippen molar-refractivity contribution in [3.8, 4) is 0 Å². The zero-order valence-electron chi connectivity index (χ0n) is 12.5. The highest BCUT2D eigenvalue weighted by Crippen LogP contribution is 2.12. The summed E-state index contributed by atoms with van der Waals surface area (Å²) in [6, 6.07) is 17.7. The van der Waals surface area contributed by atoms with Crippen LogP contribution in [0.3, 0.4) is 0 Å². The fourth-order valence-corrected chi connectivity index (χ4v) is 3.08. The Hall–Kier alpha value is -1.84. The van der Waals surface area contributed by atoms with Gasteiger partial charge in [-0.25, -0.2) is 0 Å². The van der Waals surface area contributed by atoms with E-state index in [1.54, 1.807) is 12.1 Å². The molecule has 1 heterocycles. The van der Waals surface area contributed by atoms with Gasteiger partial charge in [-0.3, -0.25) is 4.79 Å². The summed E-state index contributed by atoms with van der Waals surface area (Å²) >= 11 is 5.97. The van der Waals surface area contributed by atoms with Crippen LogP contribution in [0.15, 0.2) is 54.6 Å². The average Bonchev–Trinajstić information content (AvgIpc) is 2.56. The fraction of sp³-hybridized carbons (Fsp3) is 0.278. The number of quaternary nitrogens is 1. The van der Waals surface area contributed by atoms with Crippen LogP contribution in [0, 0.1) is 0 Å². The van der Waals surface area contributed by atoms with Gasteiger partial charge in [-0.2, -0.15) is 0 Å². The molecule has 3 nitrogen and oxygen atoms in total. The SMILES string of the molecule is O=C(c1cccc(Cl)c1)N1CC[NH+](Cc2ccccc2)CC1. The van der Waals surface area contributed by atoms with Crippen LogP contribution in [-0.2, 0) is 6.54 Å². The Balaban J connectivity index is 1.56. The van der Waals surface area contributed by atoms with Crippen LogP contribution in [-0.4, -0.2) is 37.0 Å². The van der Waals surface area contributed by atoms with E-state index in [-0.39, 0.29) is 5.91 Å². The largest absolute Gasteiger partial charge is 0.328 e. The van der Waals surface area contributed by atoms with E-state index in [9.17, 15) is 4.79 Å². The Bertz CT molecular complexity index is 637. The van der Waals surface area contributed by atoms with E-state index in [0.717, 1.165) is 32.7 Å². The van der Waals surface area contributed by atoms with Gasteiger partial charge in [0.1, 0.15) is 6.54 Å². The standard InChI is InChI=1S/C18H19ClN2O/c19-17-8-4-7-16(13-17)18(22)21-11-9-20(10-12-21)14-15-5-2-1-3-6-15/h1-8,13H,9-12,14H2/p+1. The molecule has 0 saturated carbocycles. The first-order chi connectivity index (χ1) is 10.7. The minimum Gasteiger partial charge on any atom is -0.328 e. The molecule has 0 atom stereocenters. The van der Waals surface area contributed by atoms with Crippen molar-refractivity contribution < 1.29 is 9.69 Å². The number of nitrogens with zero attached hydrogens (tertiary/aromatic N) is 1. The summed E-state index contributed by atoms with van der Waals surface area (Å²) in [7, 11) is 0. The number of carbonyl (C=O) groups excluding carboxylic acids is 1. The van der Waals surface area contributed by atoms with E-state index in [0.29, 0.717) is 10.6 Å². The van der Waals surface area contributed by atoms with Crippen LogP contribution in [0.25, 0.3) is 0 Å². The third kappa shape index (κ3) is 3.67. The van der Waals surface area contributed by atoms with E-state index in [2.05, 4.69) is 24.3 Å². The van der Waals surface area contributed by atoms with Crippen LogP contribution < -0.4 is 4.90 Å². The van der Waals surface area contributed by atoms with Crippen molar-refractivity contribution in [3.63, 3.8) is 0 Å². The molecular weight excluding hydrogens is 296 g/mol. The molecule has 2 aromatic carbocycles. The van der Waals surface area contributed by atoms with Crippen molar-refractivity contribution in [2.24, 2.45) is 0 Å². The van der Waals surface area contributed by atoms with Gasteiger partial charge in [0, 0.05) is 16.1 Å². The molecular formula is C18H20ClN2O+. The quantitative estimate of drug-likeness (QED) is 0.919. The van der Waals surface area contributed by atoms with Gasteiger partial charge in [0.2, 0.25) is 0 Å². The number of carbonyl (C=O) groups is 1. The molecule has 1 saturated heterocycles. The highest BCUT2D eigenvalue weighted by Gasteiger charge is 2.24. The van der Waals surface area contributed by atoms with E-state index in [1.807, 2.05) is 23.1 Å². The second-order valence-corrected chi connectivity index (χ2v) is 6.15. The van der Waals surface area contributed by atoms with Crippen molar-refractivity contribution in [2.45, 2.75) is 6.54 Å². The molecule has 3 rings (SSSR count). The predicted molar refractivity (Wildman–Crippen MR) is 88.2 cm³/mol. The Morgan fingerprint density at radius 3 is 2.45 bits per heavy atom. The van der Waals surface area contributed by atoms with Gasteiger partial charge in [-0.1, -0.05) is 48.0 Å². The third-order valence-electron chi connectivity index (χ3n) is 4.13. The van der Waals surface area contributed by atoms with E-state index >= 15 is 0 Å². The molecule has 0 unspecified atom stereocenters. The van der Waals surface area contributed by atoms with Gasteiger partial charge in [-0.15, -0.1) is 0 Å². The summed E-state index contributed by atoms with van der Waals surface area (Å²) in [5.74, 6) is 0.0845. The molecule has 0 bridgehead atoms. The maximum Gasteiger partial charge on any atom is 0.254 e. The third-order valence-corrected chi connectivity index (χ3v) is 4.36. The number of rotatable bonds is 3. The molecule has 0 spiro atoms. The minimum absolute atomic E-state index is 0.0845. The number of hydrogen-bond acceptors (Lipinski definition) is 1. The molecule has 0 aliphatic carbocycles. The summed E-state index contributed by atoms with van der Waals surface area (Å²) < 4.78 is 0. The first kappa shape index (κ1) is 15.1. The molecule has 1 N–H and O–H groups in total. The number of benzene rings is 2. The fourth-order valence-electron chi connectivity index (χ4n) is 2.89. The van der Waals surface area contributed by atoms with Crippen LogP contribution in [0.2, 0.25) is 5.02 Å². The van der Waals surface area contributed by atoms with Crippen LogP contribution in [0.1, 0.15) is 15.9 Å². The normalized spacial score (nSPS) is 15.8. The van der Waals surface area contributed by atoms with Crippen LogP contribution in [0.5, 0.6) is 0 Å². The van der Waals surface area contributed by atoms with Gasteiger partial charge in [0.05, 0.1) is 26.2 Å². The van der Waals surface area contributed by atoms with E-state index in [1.165, 1.54) is 10.5 Å². The average molecular weight is 316 g/mol. The molecule has 1 amide bonds. The first-order valence-corrected chi connectivity index (χ1v) is 8.02. The number of hydrogen-bond donors (Lipinski definition) is 1. The van der Waals surface area contributed by atoms with E-state index < -0.39 is 0 Å². The Kier molecular flexibility index (Phi) is 4.76. The van der Waals surface area contributed by atoms with Crippen molar-refractivity contribution >= 4 is 17.5 Å². The van der Waals surface area contributed by atoms with Gasteiger partial charge in [0.25, 0.3) is 5.91 Å². The van der Waals surface area contributed by atoms with Crippen molar-refractivity contribution in [1.29, 1.82) is 0 Å². The number of piperazine rings is 1. The molecule has 1 fully saturated rings. The summed E-state index contributed by atoms with van der Waals surface area (Å²) in [6.07, 6.45) is 0. The van der Waals surface area contributed by atoms with Crippen LogP contribution >= 0.6 is 11.6 Å². The summed E-state index contributed by atoms with van der Waals surface area (Å²) in [4.78, 5) is 15.9. The first-order valence-electron chi connectivity index (χ1n) is 7.65. The zero-order chi connectivity index (χ0) is 15.4. The lowest BCUT2D eigenvalue weighted by Crippen LogP contribution is -3.13. The maximum absolute atomic E-state index is 12.5. The number of amides is 1. The topological polar surface area (TPSA) is 24.8 Å². The Labute approximate surface area is 136 Å². The molecule has 1 aliphatic rings. The molecule has 0 radical (unpaired) electrons. The summed E-state index contributed by atoms with van der Waals surface area (Å²) in [6.45, 7) is 4.60. The highest BCUT2D eigenvalue weighted by atomic mass is 35.5. The lowest BCUT2D eigenvalue weighted by molar-refractivity contribution is -0.917. The number of halogens is 1. The monoisotopic (exact) mass is 315 g/mol. The second-order valence-electron chi connectivity index (χ2n) is 5.71. The van der Waals surface area contributed by atoms with E-state index in [4.69, 9.17) is 11.6 Å². The minimum atomic E-state index is 0.0845. The van der Waals surface area contributed by atoms with Crippen molar-refractivity contribution in [1.82, 2.24) is 4.90 Å². The lowest BCUT2D eigenvalue weighted by Gasteiger charge is -2.32. The Morgan fingerprint density at radius 1 is 1.05 bits per heavy atom. The van der Waals surface area contributed by atoms with Gasteiger partial charge in [-0.05, 0) is 18.2 Å². The molecule has 0 aromatic heterocycles. The second kappa shape index (κ2) is 6.95. The van der Waals surface area contributed by atoms with Crippen LogP contribution in [0.4, 0.5) is 0 Å². The van der Waals surface area contributed by atoms with Gasteiger partial charge in [0.15, 0.2) is 0 Å². The van der Waals surface area contributed by atoms with Crippen molar-refractivity contribution in [3.05, 3.63) is 70.7 Å². The summed E-state index contributed by atoms with van der Waals surface area (Å²) in [5, 5.41) is 0.610. The molecule has 2 aromatic rings. The van der Waals surface area contributed by atoms with Crippen molar-refractivity contribution in [2.75, 3.05) is 26.2 Å². The summed E-state index contributed by atoms with van der Waals surface area (Å²) in [5.41, 5.74) is 2.03. The molecule has 22 heavy (non-hydrogen) atoms.